The number of halogens is 2. The van der Waals surface area contributed by atoms with Crippen molar-refractivity contribution in [2.75, 3.05) is 26.2 Å². The Labute approximate surface area is 156 Å². The van der Waals surface area contributed by atoms with Crippen molar-refractivity contribution < 1.29 is 17.6 Å². The highest BCUT2D eigenvalue weighted by atomic mass is 35.5. The van der Waals surface area contributed by atoms with E-state index in [0.717, 1.165) is 6.07 Å². The van der Waals surface area contributed by atoms with Crippen LogP contribution in [0, 0.1) is 5.82 Å². The maximum atomic E-state index is 13.2. The number of nitrogens with zero attached hydrogens (tertiary/aromatic N) is 4. The van der Waals surface area contributed by atoms with Gasteiger partial charge in [0.25, 0.3) is 5.91 Å². The van der Waals surface area contributed by atoms with E-state index in [1.807, 2.05) is 0 Å². The molecular formula is C16H18ClFN4O3S. The van der Waals surface area contributed by atoms with Gasteiger partial charge in [-0.15, -0.1) is 0 Å². The second-order valence-corrected chi connectivity index (χ2v) is 8.37. The van der Waals surface area contributed by atoms with E-state index < -0.39 is 15.8 Å². The Hall–Kier alpha value is -1.97. The maximum Gasteiger partial charge on any atom is 0.255 e. The summed E-state index contributed by atoms with van der Waals surface area (Å²) in [4.78, 5) is 14.3. The Morgan fingerprint density at radius 2 is 2.00 bits per heavy atom. The molecule has 0 N–H and O–H groups in total. The molecule has 0 radical (unpaired) electrons. The molecule has 2 aromatic rings. The Kier molecular flexibility index (Phi) is 5.31. The van der Waals surface area contributed by atoms with E-state index in [9.17, 15) is 17.6 Å². The summed E-state index contributed by atoms with van der Waals surface area (Å²) < 4.78 is 41.3. The molecular weight excluding hydrogens is 383 g/mol. The first-order valence-electron chi connectivity index (χ1n) is 8.02. The molecule has 7 nitrogen and oxygen atoms in total. The lowest BCUT2D eigenvalue weighted by Crippen LogP contribution is -2.37. The molecule has 0 unspecified atom stereocenters. The van der Waals surface area contributed by atoms with Gasteiger partial charge in [0.2, 0.25) is 10.0 Å². The van der Waals surface area contributed by atoms with Crippen LogP contribution in [0.25, 0.3) is 0 Å². The summed E-state index contributed by atoms with van der Waals surface area (Å²) in [5.41, 5.74) is 0.205. The molecule has 140 valence electrons. The minimum absolute atomic E-state index is 0.0408. The van der Waals surface area contributed by atoms with Gasteiger partial charge in [-0.05, 0) is 24.6 Å². The average molecular weight is 401 g/mol. The predicted molar refractivity (Wildman–Crippen MR) is 93.9 cm³/mol. The monoisotopic (exact) mass is 400 g/mol. The van der Waals surface area contributed by atoms with Gasteiger partial charge in [0.05, 0.1) is 16.8 Å². The largest absolute Gasteiger partial charge is 0.337 e. The van der Waals surface area contributed by atoms with Gasteiger partial charge in [0.1, 0.15) is 10.7 Å². The molecule has 3 rings (SSSR count). The van der Waals surface area contributed by atoms with Gasteiger partial charge in [0, 0.05) is 39.4 Å². The molecule has 0 atom stereocenters. The lowest BCUT2D eigenvalue weighted by molar-refractivity contribution is 0.0764. The minimum atomic E-state index is -3.66. The Balaban J connectivity index is 1.75. The fourth-order valence-electron chi connectivity index (χ4n) is 2.85. The summed E-state index contributed by atoms with van der Waals surface area (Å²) in [5, 5.41) is 3.94. The number of sulfonamides is 1. The number of aryl methyl sites for hydroxylation is 1. The molecule has 0 saturated carbocycles. The van der Waals surface area contributed by atoms with E-state index in [4.69, 9.17) is 11.6 Å². The molecule has 1 aromatic carbocycles. The van der Waals surface area contributed by atoms with Crippen molar-refractivity contribution in [2.45, 2.75) is 11.3 Å². The number of amides is 1. The van der Waals surface area contributed by atoms with Gasteiger partial charge in [-0.1, -0.05) is 11.6 Å². The third-order valence-electron chi connectivity index (χ3n) is 4.22. The van der Waals surface area contributed by atoms with Crippen LogP contribution in [0.1, 0.15) is 16.8 Å². The third-order valence-corrected chi connectivity index (χ3v) is 6.39. The number of carbonyl (C=O) groups excluding carboxylic acids is 1. The summed E-state index contributed by atoms with van der Waals surface area (Å²) in [7, 11) is -2.01. The zero-order valence-corrected chi connectivity index (χ0v) is 15.7. The normalized spacial score (nSPS) is 16.5. The first-order valence-corrected chi connectivity index (χ1v) is 9.84. The summed E-state index contributed by atoms with van der Waals surface area (Å²) in [6.07, 6.45) is 3.24. The summed E-state index contributed by atoms with van der Waals surface area (Å²) in [6, 6.07) is 3.61. The van der Waals surface area contributed by atoms with E-state index in [1.165, 1.54) is 38.4 Å². The van der Waals surface area contributed by atoms with Crippen molar-refractivity contribution in [2.24, 2.45) is 7.05 Å². The van der Waals surface area contributed by atoms with Crippen LogP contribution >= 0.6 is 11.6 Å². The predicted octanol–water partition coefficient (Wildman–Crippen LogP) is 1.75. The molecule has 10 heteroatoms. The van der Waals surface area contributed by atoms with Crippen LogP contribution in [-0.4, -0.2) is 59.5 Å². The van der Waals surface area contributed by atoms with Gasteiger partial charge >= 0.3 is 0 Å². The van der Waals surface area contributed by atoms with Crippen LogP contribution in [0.2, 0.25) is 5.02 Å². The SMILES string of the molecule is Cn1cc(S(=O)(=O)N2CCCN(C(=O)c3ccc(F)cc3Cl)CC2)cn1. The fraction of sp³-hybridized carbons (Fsp3) is 0.375. The number of hydrogen-bond acceptors (Lipinski definition) is 4. The van der Waals surface area contributed by atoms with Crippen molar-refractivity contribution in [3.05, 3.63) is 47.0 Å². The van der Waals surface area contributed by atoms with Gasteiger partial charge in [-0.25, -0.2) is 12.8 Å². The number of carbonyl (C=O) groups is 1. The van der Waals surface area contributed by atoms with Gasteiger partial charge in [-0.3, -0.25) is 9.48 Å². The van der Waals surface area contributed by atoms with E-state index in [-0.39, 0.29) is 34.5 Å². The van der Waals surface area contributed by atoms with Crippen molar-refractivity contribution >= 4 is 27.5 Å². The number of rotatable bonds is 3. The molecule has 26 heavy (non-hydrogen) atoms. The molecule has 0 aliphatic carbocycles. The Morgan fingerprint density at radius 1 is 1.23 bits per heavy atom. The van der Waals surface area contributed by atoms with Crippen molar-refractivity contribution in [1.29, 1.82) is 0 Å². The van der Waals surface area contributed by atoms with E-state index in [2.05, 4.69) is 5.10 Å². The van der Waals surface area contributed by atoms with Crippen LogP contribution < -0.4 is 0 Å². The molecule has 1 aliphatic heterocycles. The molecule has 1 fully saturated rings. The first kappa shape index (κ1) is 18.8. The average Bonchev–Trinajstić information content (AvgIpc) is 2.88. The van der Waals surface area contributed by atoms with Crippen LogP contribution in [0.3, 0.4) is 0 Å². The Morgan fingerprint density at radius 3 is 2.65 bits per heavy atom. The topological polar surface area (TPSA) is 75.5 Å². The summed E-state index contributed by atoms with van der Waals surface area (Å²) in [5.74, 6) is -0.855. The highest BCUT2D eigenvalue weighted by Crippen LogP contribution is 2.21. The zero-order valence-electron chi connectivity index (χ0n) is 14.1. The molecule has 0 spiro atoms. The minimum Gasteiger partial charge on any atom is -0.337 e. The van der Waals surface area contributed by atoms with Gasteiger partial charge < -0.3 is 4.90 Å². The number of aromatic nitrogens is 2. The van der Waals surface area contributed by atoms with Gasteiger partial charge in [0.15, 0.2) is 0 Å². The highest BCUT2D eigenvalue weighted by Gasteiger charge is 2.29. The van der Waals surface area contributed by atoms with E-state index in [0.29, 0.717) is 19.5 Å². The lowest BCUT2D eigenvalue weighted by atomic mass is 10.2. The summed E-state index contributed by atoms with van der Waals surface area (Å²) in [6.45, 7) is 1.09. The third kappa shape index (κ3) is 3.74. The molecule has 0 bridgehead atoms. The number of benzene rings is 1. The molecule has 1 aromatic heterocycles. The lowest BCUT2D eigenvalue weighted by Gasteiger charge is -2.22. The first-order chi connectivity index (χ1) is 12.3. The summed E-state index contributed by atoms with van der Waals surface area (Å²) >= 11 is 5.96. The second kappa shape index (κ2) is 7.34. The quantitative estimate of drug-likeness (QED) is 0.786. The maximum absolute atomic E-state index is 13.2. The zero-order chi connectivity index (χ0) is 18.9. The van der Waals surface area contributed by atoms with Crippen LogP contribution in [-0.2, 0) is 17.1 Å². The van der Waals surface area contributed by atoms with Crippen molar-refractivity contribution in [3.63, 3.8) is 0 Å². The van der Waals surface area contributed by atoms with Crippen LogP contribution in [0.4, 0.5) is 4.39 Å². The van der Waals surface area contributed by atoms with E-state index >= 15 is 0 Å². The van der Waals surface area contributed by atoms with Crippen LogP contribution in [0.5, 0.6) is 0 Å². The fourth-order valence-corrected chi connectivity index (χ4v) is 4.56. The van der Waals surface area contributed by atoms with Crippen molar-refractivity contribution in [1.82, 2.24) is 19.0 Å². The molecule has 1 amide bonds. The van der Waals surface area contributed by atoms with Crippen molar-refractivity contribution in [3.8, 4) is 0 Å². The smallest absolute Gasteiger partial charge is 0.255 e. The van der Waals surface area contributed by atoms with Crippen LogP contribution in [0.15, 0.2) is 35.5 Å². The van der Waals surface area contributed by atoms with Gasteiger partial charge in [-0.2, -0.15) is 9.40 Å². The standard InChI is InChI=1S/C16H18ClFN4O3S/c1-20-11-13(10-19-20)26(24,25)22-6-2-5-21(7-8-22)16(23)14-4-3-12(18)9-15(14)17/h3-4,9-11H,2,5-8H2,1H3. The number of hydrogen-bond donors (Lipinski definition) is 0. The van der Waals surface area contributed by atoms with E-state index in [1.54, 1.807) is 7.05 Å². The molecule has 1 aliphatic rings. The highest BCUT2D eigenvalue weighted by molar-refractivity contribution is 7.89. The molecule has 2 heterocycles. The second-order valence-electron chi connectivity index (χ2n) is 6.02. The molecule has 1 saturated heterocycles. The Bertz CT molecular complexity index is 931.